The van der Waals surface area contributed by atoms with Crippen LogP contribution in [-0.2, 0) is 6.54 Å². The summed E-state index contributed by atoms with van der Waals surface area (Å²) < 4.78 is 0. The number of phenolic OH excluding ortho intramolecular Hbond substituents is 1. The van der Waals surface area contributed by atoms with Gasteiger partial charge in [-0.25, -0.2) is 4.98 Å². The molecule has 0 amide bonds. The second-order valence-corrected chi connectivity index (χ2v) is 4.57. The van der Waals surface area contributed by atoms with Gasteiger partial charge < -0.3 is 15.4 Å². The molecule has 0 spiro atoms. The topological polar surface area (TPSA) is 60.9 Å². The van der Waals surface area contributed by atoms with Gasteiger partial charge in [0.25, 0.3) is 0 Å². The highest BCUT2D eigenvalue weighted by atomic mass is 16.3. The van der Waals surface area contributed by atoms with Crippen LogP contribution in [0, 0.1) is 6.92 Å². The molecule has 0 saturated carbocycles. The monoisotopic (exact) mass is 253 g/mol. The summed E-state index contributed by atoms with van der Waals surface area (Å²) in [6.07, 6.45) is 3.75. The van der Waals surface area contributed by atoms with E-state index in [4.69, 9.17) is 0 Å². The van der Waals surface area contributed by atoms with Crippen molar-refractivity contribution in [2.75, 3.05) is 5.32 Å². The Labute approximate surface area is 111 Å². The smallest absolute Gasteiger partial charge is 0.137 e. The summed E-state index contributed by atoms with van der Waals surface area (Å²) >= 11 is 0. The minimum atomic E-state index is 0.291. The van der Waals surface area contributed by atoms with Crippen molar-refractivity contribution in [3.63, 3.8) is 0 Å². The lowest BCUT2D eigenvalue weighted by Gasteiger charge is -2.09. The van der Waals surface area contributed by atoms with Crippen LogP contribution in [0.2, 0.25) is 0 Å². The van der Waals surface area contributed by atoms with Gasteiger partial charge in [0, 0.05) is 30.0 Å². The lowest BCUT2D eigenvalue weighted by atomic mass is 10.1. The highest BCUT2D eigenvalue weighted by Gasteiger charge is 2.04. The van der Waals surface area contributed by atoms with Crippen LogP contribution in [0.25, 0.3) is 11.0 Å². The van der Waals surface area contributed by atoms with Crippen molar-refractivity contribution < 1.29 is 5.11 Å². The van der Waals surface area contributed by atoms with E-state index in [1.165, 1.54) is 5.56 Å². The Morgan fingerprint density at radius 1 is 1.32 bits per heavy atom. The summed E-state index contributed by atoms with van der Waals surface area (Å²) in [5.41, 5.74) is 4.13. The molecule has 0 atom stereocenters. The fourth-order valence-electron chi connectivity index (χ4n) is 2.20. The zero-order valence-corrected chi connectivity index (χ0v) is 10.6. The third kappa shape index (κ3) is 2.25. The van der Waals surface area contributed by atoms with Crippen molar-refractivity contribution >= 4 is 16.7 Å². The molecule has 3 N–H and O–H groups in total. The van der Waals surface area contributed by atoms with Crippen molar-refractivity contribution in [3.05, 3.63) is 53.9 Å². The van der Waals surface area contributed by atoms with Crippen LogP contribution in [0.1, 0.15) is 11.1 Å². The molecule has 3 rings (SSSR count). The minimum absolute atomic E-state index is 0.291. The van der Waals surface area contributed by atoms with Gasteiger partial charge in [0.05, 0.1) is 0 Å². The molecule has 4 heteroatoms. The number of H-pyrrole nitrogens is 1. The Bertz CT molecular complexity index is 718. The average molecular weight is 253 g/mol. The summed E-state index contributed by atoms with van der Waals surface area (Å²) in [7, 11) is 0. The molecule has 0 unspecified atom stereocenters. The number of aromatic nitrogens is 2. The van der Waals surface area contributed by atoms with Crippen molar-refractivity contribution in [1.82, 2.24) is 9.97 Å². The standard InChI is InChI=1S/C15H15N3O/c1-10-7-12(19)4-5-14(10)17-8-11-9-18-15-13(11)3-2-6-16-15/h2-7,9,17,19H,8H2,1H3,(H,16,18). The molecule has 96 valence electrons. The fourth-order valence-corrected chi connectivity index (χ4v) is 2.20. The molecule has 0 aliphatic carbocycles. The molecular weight excluding hydrogens is 238 g/mol. The number of aromatic hydroxyl groups is 1. The van der Waals surface area contributed by atoms with Crippen molar-refractivity contribution in [3.8, 4) is 5.75 Å². The number of phenols is 1. The number of benzene rings is 1. The van der Waals surface area contributed by atoms with Gasteiger partial charge in [0.2, 0.25) is 0 Å². The van der Waals surface area contributed by atoms with Crippen LogP contribution in [0.5, 0.6) is 5.75 Å². The number of anilines is 1. The van der Waals surface area contributed by atoms with Gasteiger partial charge in [-0.15, -0.1) is 0 Å². The first-order valence-electron chi connectivity index (χ1n) is 6.18. The van der Waals surface area contributed by atoms with Gasteiger partial charge >= 0.3 is 0 Å². The molecule has 0 aliphatic heterocycles. The highest BCUT2D eigenvalue weighted by Crippen LogP contribution is 2.22. The quantitative estimate of drug-likeness (QED) is 0.628. The van der Waals surface area contributed by atoms with Gasteiger partial charge in [-0.05, 0) is 48.4 Å². The third-order valence-corrected chi connectivity index (χ3v) is 3.22. The molecular formula is C15H15N3O. The van der Waals surface area contributed by atoms with E-state index >= 15 is 0 Å². The predicted octanol–water partition coefficient (Wildman–Crippen LogP) is 3.19. The summed E-state index contributed by atoms with van der Waals surface area (Å²) in [6.45, 7) is 2.69. The van der Waals surface area contributed by atoms with Crippen LogP contribution in [-0.4, -0.2) is 15.1 Å². The lowest BCUT2D eigenvalue weighted by Crippen LogP contribution is -2.00. The Morgan fingerprint density at radius 3 is 3.05 bits per heavy atom. The number of hydrogen-bond acceptors (Lipinski definition) is 3. The van der Waals surface area contributed by atoms with Crippen molar-refractivity contribution in [1.29, 1.82) is 0 Å². The van der Waals surface area contributed by atoms with Crippen LogP contribution >= 0.6 is 0 Å². The van der Waals surface area contributed by atoms with Crippen LogP contribution in [0.3, 0.4) is 0 Å². The van der Waals surface area contributed by atoms with E-state index in [-0.39, 0.29) is 0 Å². The van der Waals surface area contributed by atoms with Gasteiger partial charge in [-0.3, -0.25) is 0 Å². The number of pyridine rings is 1. The first-order chi connectivity index (χ1) is 9.24. The fraction of sp³-hybridized carbons (Fsp3) is 0.133. The molecule has 0 radical (unpaired) electrons. The van der Waals surface area contributed by atoms with Crippen LogP contribution < -0.4 is 5.32 Å². The maximum atomic E-state index is 9.39. The first kappa shape index (κ1) is 11.6. The van der Waals surface area contributed by atoms with Crippen LogP contribution in [0.4, 0.5) is 5.69 Å². The molecule has 0 bridgehead atoms. The van der Waals surface area contributed by atoms with Gasteiger partial charge in [-0.1, -0.05) is 0 Å². The largest absolute Gasteiger partial charge is 0.508 e. The van der Waals surface area contributed by atoms with Crippen molar-refractivity contribution in [2.24, 2.45) is 0 Å². The number of rotatable bonds is 3. The second-order valence-electron chi connectivity index (χ2n) is 4.57. The number of hydrogen-bond donors (Lipinski definition) is 3. The maximum Gasteiger partial charge on any atom is 0.137 e. The Balaban J connectivity index is 1.82. The normalized spacial score (nSPS) is 10.8. The number of fused-ring (bicyclic) bond motifs is 1. The Kier molecular flexibility index (Phi) is 2.83. The first-order valence-corrected chi connectivity index (χ1v) is 6.18. The van der Waals surface area contributed by atoms with E-state index < -0.39 is 0 Å². The van der Waals surface area contributed by atoms with E-state index in [2.05, 4.69) is 21.4 Å². The second kappa shape index (κ2) is 4.65. The average Bonchev–Trinajstić information content (AvgIpc) is 2.81. The van der Waals surface area contributed by atoms with Gasteiger partial charge in [0.1, 0.15) is 11.4 Å². The van der Waals surface area contributed by atoms with E-state index in [0.717, 1.165) is 28.8 Å². The molecule has 2 heterocycles. The number of aryl methyl sites for hydroxylation is 1. The summed E-state index contributed by atoms with van der Waals surface area (Å²) in [5, 5.41) is 13.9. The van der Waals surface area contributed by atoms with E-state index in [0.29, 0.717) is 5.75 Å². The number of nitrogens with zero attached hydrogens (tertiary/aromatic N) is 1. The molecule has 0 saturated heterocycles. The minimum Gasteiger partial charge on any atom is -0.508 e. The molecule has 4 nitrogen and oxygen atoms in total. The maximum absolute atomic E-state index is 9.39. The third-order valence-electron chi connectivity index (χ3n) is 3.22. The van der Waals surface area contributed by atoms with Crippen LogP contribution in [0.15, 0.2) is 42.7 Å². The SMILES string of the molecule is Cc1cc(O)ccc1NCc1c[nH]c2ncccc12. The molecule has 3 aromatic rings. The van der Waals surface area contributed by atoms with Gasteiger partial charge in [0.15, 0.2) is 0 Å². The lowest BCUT2D eigenvalue weighted by molar-refractivity contribution is 0.475. The molecule has 0 aliphatic rings. The summed E-state index contributed by atoms with van der Waals surface area (Å²) in [4.78, 5) is 7.43. The highest BCUT2D eigenvalue weighted by molar-refractivity contribution is 5.79. The molecule has 19 heavy (non-hydrogen) atoms. The van der Waals surface area contributed by atoms with E-state index in [1.54, 1.807) is 18.3 Å². The number of aromatic amines is 1. The Morgan fingerprint density at radius 2 is 2.21 bits per heavy atom. The predicted molar refractivity (Wildman–Crippen MR) is 76.3 cm³/mol. The van der Waals surface area contributed by atoms with E-state index in [9.17, 15) is 5.11 Å². The summed E-state index contributed by atoms with van der Waals surface area (Å²) in [5.74, 6) is 0.291. The molecule has 2 aromatic heterocycles. The molecule has 1 aromatic carbocycles. The zero-order chi connectivity index (χ0) is 13.2. The Hall–Kier alpha value is -2.49. The zero-order valence-electron chi connectivity index (χ0n) is 10.6. The van der Waals surface area contributed by atoms with Crippen molar-refractivity contribution in [2.45, 2.75) is 13.5 Å². The summed E-state index contributed by atoms with van der Waals surface area (Å²) in [6, 6.07) is 9.31. The van der Waals surface area contributed by atoms with Gasteiger partial charge in [-0.2, -0.15) is 0 Å². The molecule has 0 fully saturated rings. The number of nitrogens with one attached hydrogen (secondary N) is 2. The van der Waals surface area contributed by atoms with E-state index in [1.807, 2.05) is 25.3 Å².